The topological polar surface area (TPSA) is 106 Å². The Bertz CT molecular complexity index is 917. The summed E-state index contributed by atoms with van der Waals surface area (Å²) in [5, 5.41) is 2.72. The summed E-state index contributed by atoms with van der Waals surface area (Å²) in [6.07, 6.45) is 2.20. The van der Waals surface area contributed by atoms with E-state index in [0.717, 1.165) is 12.0 Å². The van der Waals surface area contributed by atoms with Crippen molar-refractivity contribution in [3.63, 3.8) is 0 Å². The molecule has 146 valence electrons. The number of carbonyl (C=O) groups is 2. The van der Waals surface area contributed by atoms with Gasteiger partial charge in [-0.2, -0.15) is 0 Å². The molecule has 0 fully saturated rings. The van der Waals surface area contributed by atoms with E-state index >= 15 is 0 Å². The maximum absolute atomic E-state index is 12.3. The molecular formula is C18H23N3O5S. The first kappa shape index (κ1) is 20.7. The number of aryl methyl sites for hydroxylation is 2. The molecule has 9 heteroatoms. The molecule has 0 radical (unpaired) electrons. The first-order valence-corrected chi connectivity index (χ1v) is 9.88. The Morgan fingerprint density at radius 3 is 2.44 bits per heavy atom. The number of nitrogens with one attached hydrogen (secondary N) is 2. The predicted octanol–water partition coefficient (Wildman–Crippen LogP) is 1.68. The summed E-state index contributed by atoms with van der Waals surface area (Å²) in [6.45, 7) is 1.98. The summed E-state index contributed by atoms with van der Waals surface area (Å²) >= 11 is 0. The van der Waals surface area contributed by atoms with Crippen LogP contribution in [0.25, 0.3) is 0 Å². The van der Waals surface area contributed by atoms with E-state index in [0.29, 0.717) is 5.69 Å². The molecule has 8 nitrogen and oxygen atoms in total. The minimum absolute atomic E-state index is 0.0224. The van der Waals surface area contributed by atoms with E-state index < -0.39 is 16.0 Å². The molecule has 0 aliphatic rings. The SMILES string of the molecule is CCc1ccc(NC(=O)CCNS(=O)(=O)c2cc(C(=O)OC)n(C)c2)cc1. The highest BCUT2D eigenvalue weighted by Gasteiger charge is 2.20. The van der Waals surface area contributed by atoms with Crippen LogP contribution in [0.15, 0.2) is 41.4 Å². The summed E-state index contributed by atoms with van der Waals surface area (Å²) in [5.74, 6) is -0.933. The number of carbonyl (C=O) groups excluding carboxylic acids is 2. The fraction of sp³-hybridized carbons (Fsp3) is 0.333. The number of sulfonamides is 1. The molecule has 2 rings (SSSR count). The Hall–Kier alpha value is -2.65. The lowest BCUT2D eigenvalue weighted by Gasteiger charge is -2.07. The summed E-state index contributed by atoms with van der Waals surface area (Å²) in [4.78, 5) is 23.5. The van der Waals surface area contributed by atoms with Gasteiger partial charge < -0.3 is 14.6 Å². The molecule has 0 aliphatic carbocycles. The highest BCUT2D eigenvalue weighted by molar-refractivity contribution is 7.89. The van der Waals surface area contributed by atoms with E-state index in [9.17, 15) is 18.0 Å². The minimum atomic E-state index is -3.84. The van der Waals surface area contributed by atoms with E-state index in [-0.39, 0.29) is 29.5 Å². The third-order valence-electron chi connectivity index (χ3n) is 3.97. The van der Waals surface area contributed by atoms with Crippen LogP contribution >= 0.6 is 0 Å². The monoisotopic (exact) mass is 393 g/mol. The second-order valence-corrected chi connectivity index (χ2v) is 7.68. The van der Waals surface area contributed by atoms with E-state index in [1.54, 1.807) is 19.2 Å². The summed E-state index contributed by atoms with van der Waals surface area (Å²) in [5.41, 5.74) is 1.94. The number of anilines is 1. The smallest absolute Gasteiger partial charge is 0.354 e. The Morgan fingerprint density at radius 1 is 1.19 bits per heavy atom. The van der Waals surface area contributed by atoms with Crippen molar-refractivity contribution in [3.05, 3.63) is 47.8 Å². The van der Waals surface area contributed by atoms with Gasteiger partial charge in [0.15, 0.2) is 0 Å². The molecule has 1 heterocycles. The molecule has 0 unspecified atom stereocenters. The van der Waals surface area contributed by atoms with Gasteiger partial charge in [0.1, 0.15) is 10.6 Å². The Labute approximate surface area is 158 Å². The third kappa shape index (κ3) is 5.41. The van der Waals surface area contributed by atoms with Gasteiger partial charge in [-0.15, -0.1) is 0 Å². The third-order valence-corrected chi connectivity index (χ3v) is 5.40. The molecule has 2 aromatic rings. The Morgan fingerprint density at radius 2 is 1.85 bits per heavy atom. The second-order valence-electron chi connectivity index (χ2n) is 5.91. The molecule has 0 saturated heterocycles. The highest BCUT2D eigenvalue weighted by atomic mass is 32.2. The van der Waals surface area contributed by atoms with Gasteiger partial charge in [-0.3, -0.25) is 4.79 Å². The zero-order chi connectivity index (χ0) is 20.0. The lowest BCUT2D eigenvalue weighted by atomic mass is 10.1. The number of aromatic nitrogens is 1. The van der Waals surface area contributed by atoms with E-state index in [2.05, 4.69) is 14.8 Å². The fourth-order valence-corrected chi connectivity index (χ4v) is 3.52. The second kappa shape index (κ2) is 8.83. The molecule has 2 N–H and O–H groups in total. The van der Waals surface area contributed by atoms with E-state index in [1.807, 2.05) is 19.1 Å². The van der Waals surface area contributed by atoms with Crippen molar-refractivity contribution in [2.24, 2.45) is 7.05 Å². The first-order chi connectivity index (χ1) is 12.8. The standard InChI is InChI=1S/C18H23N3O5S/c1-4-13-5-7-14(8-6-13)20-17(22)9-10-19-27(24,25)15-11-16(18(23)26-3)21(2)12-15/h5-8,11-12,19H,4,9-10H2,1-3H3,(H,20,22). The van der Waals surface area contributed by atoms with Crippen molar-refractivity contribution in [2.75, 3.05) is 19.0 Å². The number of ether oxygens (including phenoxy) is 1. The van der Waals surface area contributed by atoms with Gasteiger partial charge in [-0.25, -0.2) is 17.9 Å². The van der Waals surface area contributed by atoms with Gasteiger partial charge in [0.25, 0.3) is 0 Å². The van der Waals surface area contributed by atoms with Crippen molar-refractivity contribution < 1.29 is 22.7 Å². The minimum Gasteiger partial charge on any atom is -0.464 e. The number of amides is 1. The average molecular weight is 393 g/mol. The molecule has 0 spiro atoms. The molecule has 0 aliphatic heterocycles. The molecule has 27 heavy (non-hydrogen) atoms. The number of nitrogens with zero attached hydrogens (tertiary/aromatic N) is 1. The average Bonchev–Trinajstić information content (AvgIpc) is 3.04. The van der Waals surface area contributed by atoms with Crippen LogP contribution in [0.1, 0.15) is 29.4 Å². The Kier molecular flexibility index (Phi) is 6.75. The number of rotatable bonds is 8. The first-order valence-electron chi connectivity index (χ1n) is 8.40. The van der Waals surface area contributed by atoms with Crippen LogP contribution in [0.3, 0.4) is 0 Å². The van der Waals surface area contributed by atoms with Crippen LogP contribution in [0.5, 0.6) is 0 Å². The van der Waals surface area contributed by atoms with Crippen LogP contribution < -0.4 is 10.0 Å². The van der Waals surface area contributed by atoms with Crippen molar-refractivity contribution >= 4 is 27.6 Å². The molecule has 1 aromatic heterocycles. The summed E-state index contributed by atoms with van der Waals surface area (Å²) < 4.78 is 32.9. The van der Waals surface area contributed by atoms with Gasteiger partial charge >= 0.3 is 5.97 Å². The number of hydrogen-bond donors (Lipinski definition) is 2. The van der Waals surface area contributed by atoms with Crippen LogP contribution in [0, 0.1) is 0 Å². The number of hydrogen-bond acceptors (Lipinski definition) is 5. The predicted molar refractivity (Wildman–Crippen MR) is 101 cm³/mol. The molecule has 0 atom stereocenters. The summed E-state index contributed by atoms with van der Waals surface area (Å²) in [7, 11) is -1.08. The lowest BCUT2D eigenvalue weighted by Crippen LogP contribution is -2.27. The van der Waals surface area contributed by atoms with Gasteiger partial charge in [0, 0.05) is 31.9 Å². The number of methoxy groups -OCH3 is 1. The van der Waals surface area contributed by atoms with Gasteiger partial charge in [-0.1, -0.05) is 19.1 Å². The molecule has 0 bridgehead atoms. The van der Waals surface area contributed by atoms with Crippen molar-refractivity contribution in [1.29, 1.82) is 0 Å². The maximum atomic E-state index is 12.3. The van der Waals surface area contributed by atoms with Gasteiger partial charge in [0.05, 0.1) is 7.11 Å². The van der Waals surface area contributed by atoms with Gasteiger partial charge in [-0.05, 0) is 30.2 Å². The normalized spacial score (nSPS) is 11.2. The Balaban J connectivity index is 1.91. The van der Waals surface area contributed by atoms with Crippen molar-refractivity contribution in [3.8, 4) is 0 Å². The van der Waals surface area contributed by atoms with Crippen molar-refractivity contribution in [1.82, 2.24) is 9.29 Å². The van der Waals surface area contributed by atoms with Crippen LogP contribution in [-0.4, -0.2) is 38.5 Å². The molecular weight excluding hydrogens is 370 g/mol. The molecule has 0 saturated carbocycles. The highest BCUT2D eigenvalue weighted by Crippen LogP contribution is 2.14. The number of benzene rings is 1. The van der Waals surface area contributed by atoms with Crippen molar-refractivity contribution in [2.45, 2.75) is 24.7 Å². The quantitative estimate of drug-likeness (QED) is 0.664. The zero-order valence-electron chi connectivity index (χ0n) is 15.5. The fourth-order valence-electron chi connectivity index (χ4n) is 2.42. The lowest BCUT2D eigenvalue weighted by molar-refractivity contribution is -0.116. The molecule has 1 aromatic carbocycles. The van der Waals surface area contributed by atoms with Gasteiger partial charge in [0.2, 0.25) is 15.9 Å². The molecule has 1 amide bonds. The van der Waals surface area contributed by atoms with Crippen LogP contribution in [0.2, 0.25) is 0 Å². The van der Waals surface area contributed by atoms with E-state index in [1.165, 1.54) is 23.9 Å². The van der Waals surface area contributed by atoms with Crippen LogP contribution in [-0.2, 0) is 33.0 Å². The largest absolute Gasteiger partial charge is 0.464 e. The maximum Gasteiger partial charge on any atom is 0.354 e. The number of esters is 1. The zero-order valence-corrected chi connectivity index (χ0v) is 16.3. The van der Waals surface area contributed by atoms with Crippen LogP contribution in [0.4, 0.5) is 5.69 Å². The summed E-state index contributed by atoms with van der Waals surface area (Å²) in [6, 6.07) is 8.68. The van der Waals surface area contributed by atoms with E-state index in [4.69, 9.17) is 0 Å².